The largest absolute Gasteiger partial charge is 0.486 e. The van der Waals surface area contributed by atoms with E-state index in [2.05, 4.69) is 17.6 Å². The Morgan fingerprint density at radius 1 is 1.09 bits per heavy atom. The van der Waals surface area contributed by atoms with Crippen molar-refractivity contribution in [1.82, 2.24) is 9.29 Å². The first kappa shape index (κ1) is 24.5. The van der Waals surface area contributed by atoms with Crippen LogP contribution in [0.1, 0.15) is 16.7 Å². The van der Waals surface area contributed by atoms with E-state index in [-0.39, 0.29) is 40.0 Å². The molecule has 11 heteroatoms. The van der Waals surface area contributed by atoms with E-state index in [0.717, 1.165) is 5.56 Å². The summed E-state index contributed by atoms with van der Waals surface area (Å²) in [6.45, 7) is 1.77. The molecule has 2 heterocycles. The Bertz CT molecular complexity index is 1420. The van der Waals surface area contributed by atoms with Gasteiger partial charge in [-0.2, -0.15) is 14.8 Å². The van der Waals surface area contributed by atoms with Crippen LogP contribution in [0.25, 0.3) is 11.1 Å². The normalized spacial score (nSPS) is 18.1. The van der Waals surface area contributed by atoms with E-state index in [1.54, 1.807) is 36.4 Å². The number of hydrogen-bond acceptors (Lipinski definition) is 9. The quantitative estimate of drug-likeness (QED) is 0.445. The first-order chi connectivity index (χ1) is 16.6. The molecular weight excluding hydrogens is 486 g/mol. The molecule has 1 aromatic heterocycles. The third-order valence-corrected chi connectivity index (χ3v) is 7.89. The Kier molecular flexibility index (Phi) is 6.70. The molecule has 0 amide bonds. The van der Waals surface area contributed by atoms with Gasteiger partial charge >= 0.3 is 0 Å². The van der Waals surface area contributed by atoms with E-state index in [1.807, 2.05) is 19.1 Å². The Labute approximate surface area is 208 Å². The van der Waals surface area contributed by atoms with E-state index in [0.29, 0.717) is 16.9 Å². The molecule has 0 unspecified atom stereocenters. The zero-order valence-corrected chi connectivity index (χ0v) is 20.3. The number of rotatable bonds is 5. The molecule has 2 atom stereocenters. The maximum absolute atomic E-state index is 13.0. The highest BCUT2D eigenvalue weighted by molar-refractivity contribution is 7.89. The number of β-amino-alcohol motifs (C(OH)–C–C–N with tert-alkyl or cyclic N) is 1. The van der Waals surface area contributed by atoms with Gasteiger partial charge < -0.3 is 15.6 Å². The predicted molar refractivity (Wildman–Crippen MR) is 131 cm³/mol. The highest BCUT2D eigenvalue weighted by atomic mass is 32.2. The molecule has 0 radical (unpaired) electrons. The second-order valence-electron chi connectivity index (χ2n) is 8.05. The van der Waals surface area contributed by atoms with Crippen LogP contribution in [-0.2, 0) is 10.0 Å². The number of ether oxygens (including phenoxy) is 1. The number of nitrogens with zero attached hydrogens (tertiary/aromatic N) is 4. The van der Waals surface area contributed by atoms with Crippen molar-refractivity contribution in [2.75, 3.05) is 18.8 Å². The van der Waals surface area contributed by atoms with Crippen LogP contribution in [0, 0.1) is 29.6 Å². The van der Waals surface area contributed by atoms with Crippen LogP contribution in [-0.4, -0.2) is 48.1 Å². The monoisotopic (exact) mass is 507 g/mol. The minimum atomic E-state index is -3.77. The average molecular weight is 508 g/mol. The van der Waals surface area contributed by atoms with Crippen molar-refractivity contribution < 1.29 is 18.3 Å². The molecule has 1 aliphatic rings. The Morgan fingerprint density at radius 2 is 1.71 bits per heavy atom. The van der Waals surface area contributed by atoms with E-state index in [4.69, 9.17) is 10.5 Å². The number of aromatic nitrogens is 1. The first-order valence-corrected chi connectivity index (χ1v) is 12.4. The van der Waals surface area contributed by atoms with Crippen LogP contribution in [0.4, 0.5) is 5.82 Å². The summed E-state index contributed by atoms with van der Waals surface area (Å²) >= 11 is 4.19. The zero-order chi connectivity index (χ0) is 25.3. The van der Waals surface area contributed by atoms with E-state index >= 15 is 0 Å². The number of hydrogen-bond donors (Lipinski definition) is 3. The van der Waals surface area contributed by atoms with Gasteiger partial charge in [0.25, 0.3) is 0 Å². The summed E-state index contributed by atoms with van der Waals surface area (Å²) in [6, 6.07) is 17.0. The second kappa shape index (κ2) is 9.56. The summed E-state index contributed by atoms with van der Waals surface area (Å²) in [6.07, 6.45) is -1.79. The summed E-state index contributed by atoms with van der Waals surface area (Å²) in [7, 11) is -3.77. The molecule has 0 bridgehead atoms. The van der Waals surface area contributed by atoms with Gasteiger partial charge in [-0.15, -0.1) is 12.6 Å². The summed E-state index contributed by atoms with van der Waals surface area (Å²) in [5.41, 5.74) is 7.83. The molecule has 1 saturated heterocycles. The second-order valence-corrected chi connectivity index (χ2v) is 10.4. The third-order valence-electron chi connectivity index (χ3n) is 5.72. The van der Waals surface area contributed by atoms with Crippen molar-refractivity contribution in [2.24, 2.45) is 0 Å². The fraction of sp³-hybridized carbons (Fsp3) is 0.208. The summed E-state index contributed by atoms with van der Waals surface area (Å²) in [5, 5.41) is 29.6. The molecule has 178 valence electrons. The van der Waals surface area contributed by atoms with Crippen molar-refractivity contribution in [3.63, 3.8) is 0 Å². The number of nitriles is 2. The van der Waals surface area contributed by atoms with Crippen LogP contribution in [0.2, 0.25) is 0 Å². The first-order valence-electron chi connectivity index (χ1n) is 10.5. The molecule has 0 aliphatic carbocycles. The van der Waals surface area contributed by atoms with E-state index in [1.165, 1.54) is 16.4 Å². The zero-order valence-electron chi connectivity index (χ0n) is 18.6. The van der Waals surface area contributed by atoms with Crippen molar-refractivity contribution in [3.05, 3.63) is 65.2 Å². The lowest BCUT2D eigenvalue weighted by molar-refractivity contribution is 0.0737. The van der Waals surface area contributed by atoms with Crippen molar-refractivity contribution in [3.8, 4) is 29.0 Å². The van der Waals surface area contributed by atoms with Gasteiger partial charge in [-0.1, -0.05) is 29.8 Å². The van der Waals surface area contributed by atoms with Gasteiger partial charge in [-0.05, 0) is 36.8 Å². The highest BCUT2D eigenvalue weighted by Gasteiger charge is 2.40. The number of aliphatic hydroxyl groups excluding tert-OH is 1. The lowest BCUT2D eigenvalue weighted by Crippen LogP contribution is -2.31. The summed E-state index contributed by atoms with van der Waals surface area (Å²) in [4.78, 5) is 4.09. The SMILES string of the molecule is Cc1ccc(S(=O)(=O)N2C[C@H](Oc3ccc(-c4c(C#N)c(N)nc(S)c4C#N)cc3)[C@@H](O)C2)cc1. The van der Waals surface area contributed by atoms with Gasteiger partial charge in [0.05, 0.1) is 17.0 Å². The topological polar surface area (TPSA) is 153 Å². The Hall–Kier alpha value is -3.61. The fourth-order valence-electron chi connectivity index (χ4n) is 3.87. The minimum absolute atomic E-state index is 0.0137. The number of nitrogen functional groups attached to an aromatic ring is 1. The molecule has 9 nitrogen and oxygen atoms in total. The van der Waals surface area contributed by atoms with Crippen molar-refractivity contribution in [1.29, 1.82) is 10.5 Å². The Morgan fingerprint density at radius 3 is 2.31 bits per heavy atom. The molecular formula is C24H21N5O4S2. The molecule has 3 N–H and O–H groups in total. The van der Waals surface area contributed by atoms with Gasteiger partial charge in [-0.3, -0.25) is 0 Å². The van der Waals surface area contributed by atoms with Gasteiger partial charge in [0.2, 0.25) is 10.0 Å². The Balaban J connectivity index is 1.55. The molecule has 0 spiro atoms. The standard InChI is InChI=1S/C24H21N5O4S2/c1-14-2-8-17(9-3-14)35(31,32)29-12-20(30)21(13-29)33-16-6-4-15(5-7-16)22-18(10-25)23(27)28-24(34)19(22)11-26/h2-9,20-21,30H,12-13H2,1H3,(H3,27,28,34)/t20-,21-/m0/s1. The van der Waals surface area contributed by atoms with E-state index < -0.39 is 22.2 Å². The van der Waals surface area contributed by atoms with Gasteiger partial charge in [-0.25, -0.2) is 13.4 Å². The van der Waals surface area contributed by atoms with Crippen molar-refractivity contribution in [2.45, 2.75) is 29.1 Å². The number of aliphatic hydroxyl groups is 1. The average Bonchev–Trinajstić information content (AvgIpc) is 3.20. The number of thiol groups is 1. The molecule has 4 rings (SSSR count). The molecule has 2 aromatic carbocycles. The van der Waals surface area contributed by atoms with Crippen LogP contribution in [0.15, 0.2) is 58.5 Å². The van der Waals surface area contributed by atoms with Crippen LogP contribution in [0.5, 0.6) is 5.75 Å². The predicted octanol–water partition coefficient (Wildman–Crippen LogP) is 2.48. The number of anilines is 1. The molecule has 35 heavy (non-hydrogen) atoms. The minimum Gasteiger partial charge on any atom is -0.486 e. The highest BCUT2D eigenvalue weighted by Crippen LogP contribution is 2.34. The lowest BCUT2D eigenvalue weighted by atomic mass is 9.97. The van der Waals surface area contributed by atoms with Crippen LogP contribution in [0.3, 0.4) is 0 Å². The number of aryl methyl sites for hydroxylation is 1. The molecule has 1 fully saturated rings. The molecule has 3 aromatic rings. The molecule has 0 saturated carbocycles. The maximum atomic E-state index is 13.0. The van der Waals surface area contributed by atoms with Gasteiger partial charge in [0, 0.05) is 12.1 Å². The lowest BCUT2D eigenvalue weighted by Gasteiger charge is -2.18. The summed E-state index contributed by atoms with van der Waals surface area (Å²) < 4.78 is 33.0. The van der Waals surface area contributed by atoms with Crippen LogP contribution >= 0.6 is 12.6 Å². The van der Waals surface area contributed by atoms with E-state index in [9.17, 15) is 24.0 Å². The number of benzene rings is 2. The number of nitrogens with two attached hydrogens (primary N) is 1. The maximum Gasteiger partial charge on any atom is 0.243 e. The van der Waals surface area contributed by atoms with Crippen molar-refractivity contribution >= 4 is 28.5 Å². The third kappa shape index (κ3) is 4.67. The van der Waals surface area contributed by atoms with Gasteiger partial charge in [0.15, 0.2) is 0 Å². The van der Waals surface area contributed by atoms with Gasteiger partial charge in [0.1, 0.15) is 46.5 Å². The number of sulfonamides is 1. The van der Waals surface area contributed by atoms with Crippen LogP contribution < -0.4 is 10.5 Å². The summed E-state index contributed by atoms with van der Waals surface area (Å²) in [5.74, 6) is 0.355. The fourth-order valence-corrected chi connectivity index (χ4v) is 5.61. The smallest absolute Gasteiger partial charge is 0.243 e. The number of pyridine rings is 1. The molecule has 1 aliphatic heterocycles.